The van der Waals surface area contributed by atoms with Gasteiger partial charge in [-0.2, -0.15) is 0 Å². The molecule has 10 nitrogen and oxygen atoms in total. The van der Waals surface area contributed by atoms with Crippen molar-refractivity contribution in [3.05, 3.63) is 34.6 Å². The molecule has 198 valence electrons. The van der Waals surface area contributed by atoms with E-state index in [1.165, 1.54) is 33.3 Å². The first kappa shape index (κ1) is 26.6. The quantitative estimate of drug-likeness (QED) is 0.451. The Balaban J connectivity index is 1.70. The lowest BCUT2D eigenvalue weighted by Crippen LogP contribution is -2.65. The third-order valence-electron chi connectivity index (χ3n) is 7.28. The van der Waals surface area contributed by atoms with Gasteiger partial charge in [0.15, 0.2) is 6.04 Å². The van der Waals surface area contributed by atoms with Gasteiger partial charge in [-0.1, -0.05) is 17.7 Å². The second kappa shape index (κ2) is 9.47. The summed E-state index contributed by atoms with van der Waals surface area (Å²) in [5.41, 5.74) is -2.72. The van der Waals surface area contributed by atoms with Gasteiger partial charge >= 0.3 is 11.8 Å². The Morgan fingerprint density at radius 1 is 1.14 bits per heavy atom. The molecule has 0 spiro atoms. The summed E-state index contributed by atoms with van der Waals surface area (Å²) in [6, 6.07) is 2.05. The number of aliphatic imine (C=N–C) groups is 1. The van der Waals surface area contributed by atoms with Crippen molar-refractivity contribution in [2.75, 3.05) is 27.7 Å². The van der Waals surface area contributed by atoms with E-state index in [-0.39, 0.29) is 43.1 Å². The maximum absolute atomic E-state index is 15.6. The predicted molar refractivity (Wildman–Crippen MR) is 128 cm³/mol. The summed E-state index contributed by atoms with van der Waals surface area (Å²) in [5.74, 6) is -5.58. The highest BCUT2D eigenvalue weighted by Crippen LogP contribution is 2.47. The predicted octanol–water partition coefficient (Wildman–Crippen LogP) is 0.855. The van der Waals surface area contributed by atoms with E-state index in [1.54, 1.807) is 0 Å². The van der Waals surface area contributed by atoms with Crippen LogP contribution in [0.25, 0.3) is 0 Å². The van der Waals surface area contributed by atoms with Crippen molar-refractivity contribution in [1.82, 2.24) is 20.0 Å². The Morgan fingerprint density at radius 3 is 2.38 bits per heavy atom. The number of hydrogen-bond acceptors (Lipinski definition) is 6. The van der Waals surface area contributed by atoms with Crippen LogP contribution in [0.3, 0.4) is 0 Å². The fourth-order valence-electron chi connectivity index (χ4n) is 5.02. The summed E-state index contributed by atoms with van der Waals surface area (Å²) in [5, 5.41) is 2.34. The molecule has 1 aromatic rings. The number of nitrogens with zero attached hydrogens (tertiary/aromatic N) is 4. The number of ketones is 1. The minimum absolute atomic E-state index is 0.0278. The smallest absolute Gasteiger partial charge is 0.312 e. The fraction of sp³-hybridized carbons (Fsp3) is 0.500. The van der Waals surface area contributed by atoms with Crippen molar-refractivity contribution in [3.8, 4) is 0 Å². The molecular formula is C24H26ClF2N5O5. The molecule has 3 heterocycles. The number of hydrogen-bond donors (Lipinski definition) is 1. The monoisotopic (exact) mass is 537 g/mol. The molecule has 2 saturated heterocycles. The second-order valence-corrected chi connectivity index (χ2v) is 10.2. The number of rotatable bonds is 4. The Bertz CT molecular complexity index is 1230. The van der Waals surface area contributed by atoms with Crippen LogP contribution in [0.2, 0.25) is 5.02 Å². The number of benzene rings is 1. The molecule has 37 heavy (non-hydrogen) atoms. The van der Waals surface area contributed by atoms with Crippen LogP contribution in [0.1, 0.15) is 31.2 Å². The Morgan fingerprint density at radius 2 is 1.78 bits per heavy atom. The second-order valence-electron chi connectivity index (χ2n) is 9.82. The van der Waals surface area contributed by atoms with E-state index in [4.69, 9.17) is 11.6 Å². The molecule has 1 aliphatic carbocycles. The van der Waals surface area contributed by atoms with Crippen LogP contribution in [0.5, 0.6) is 0 Å². The van der Waals surface area contributed by atoms with Crippen LogP contribution in [0.15, 0.2) is 23.2 Å². The molecule has 5 rings (SSSR count). The Kier molecular flexibility index (Phi) is 6.82. The van der Waals surface area contributed by atoms with Crippen LogP contribution in [-0.4, -0.2) is 94.9 Å². The maximum atomic E-state index is 15.6. The highest BCUT2D eigenvalue weighted by molar-refractivity contribution is 6.46. The summed E-state index contributed by atoms with van der Waals surface area (Å²) in [7, 11) is 4.19. The molecule has 13 heteroatoms. The molecule has 3 aliphatic heterocycles. The van der Waals surface area contributed by atoms with Crippen LogP contribution in [0.4, 0.5) is 8.78 Å². The van der Waals surface area contributed by atoms with E-state index >= 15 is 4.39 Å². The van der Waals surface area contributed by atoms with Crippen molar-refractivity contribution in [2.45, 2.75) is 49.5 Å². The highest BCUT2D eigenvalue weighted by Gasteiger charge is 2.60. The van der Waals surface area contributed by atoms with E-state index in [2.05, 4.69) is 10.3 Å². The van der Waals surface area contributed by atoms with E-state index in [0.717, 1.165) is 20.8 Å². The third kappa shape index (κ3) is 4.58. The van der Waals surface area contributed by atoms with Crippen LogP contribution in [0, 0.1) is 5.82 Å². The van der Waals surface area contributed by atoms with Gasteiger partial charge in [-0.15, -0.1) is 0 Å². The largest absolute Gasteiger partial charge is 0.350 e. The maximum Gasteiger partial charge on any atom is 0.312 e. The summed E-state index contributed by atoms with van der Waals surface area (Å²) >= 11 is 5.77. The normalized spacial score (nSPS) is 26.7. The number of carbonyl (C=O) groups excluding carboxylic acids is 5. The Labute approximate surface area is 216 Å². The first-order valence-electron chi connectivity index (χ1n) is 11.6. The summed E-state index contributed by atoms with van der Waals surface area (Å²) < 4.78 is 29.0. The van der Waals surface area contributed by atoms with E-state index in [9.17, 15) is 28.4 Å². The molecule has 1 unspecified atom stereocenters. The molecule has 1 atom stereocenters. The number of amides is 4. The molecule has 1 aromatic carbocycles. The molecule has 1 saturated carbocycles. The molecule has 4 aliphatic rings. The zero-order chi connectivity index (χ0) is 27.3. The summed E-state index contributed by atoms with van der Waals surface area (Å²) in [4.78, 5) is 71.9. The molecule has 4 amide bonds. The lowest BCUT2D eigenvalue weighted by atomic mass is 9.75. The van der Waals surface area contributed by atoms with Gasteiger partial charge in [0.2, 0.25) is 0 Å². The van der Waals surface area contributed by atoms with Gasteiger partial charge < -0.3 is 15.1 Å². The van der Waals surface area contributed by atoms with Crippen LogP contribution >= 0.6 is 11.6 Å². The number of likely N-dealkylation sites (N-methyl/N-ethyl adjacent to an activating group) is 2. The molecule has 0 aromatic heterocycles. The number of amidine groups is 1. The van der Waals surface area contributed by atoms with Gasteiger partial charge in [0.1, 0.15) is 22.9 Å². The molecule has 0 radical (unpaired) electrons. The van der Waals surface area contributed by atoms with E-state index in [1.807, 2.05) is 0 Å². The van der Waals surface area contributed by atoms with Gasteiger partial charge in [0, 0.05) is 27.7 Å². The van der Waals surface area contributed by atoms with Crippen molar-refractivity contribution in [3.63, 3.8) is 0 Å². The number of alkyl halides is 1. The number of Topliss-reactive ketones (excluding diaryl/α,β-unsaturated/α-hetero) is 1. The van der Waals surface area contributed by atoms with Gasteiger partial charge in [-0.3, -0.25) is 28.9 Å². The van der Waals surface area contributed by atoms with Gasteiger partial charge in [0.25, 0.3) is 17.6 Å². The zero-order valence-corrected chi connectivity index (χ0v) is 21.3. The van der Waals surface area contributed by atoms with Crippen LogP contribution in [-0.2, 0) is 30.5 Å². The average Bonchev–Trinajstić information content (AvgIpc) is 3.07. The Hall–Kier alpha value is -3.41. The van der Waals surface area contributed by atoms with Gasteiger partial charge in [-0.25, -0.2) is 13.8 Å². The number of fused-ring (bicyclic) bond motifs is 2. The zero-order valence-electron chi connectivity index (χ0n) is 20.5. The SMILES string of the molecule is CN(C)C(=O)C(=O)N(C)C12CCC(F)(CC1)CN1C(=O)C(=O)C(C(=O)NCc3ccc(F)c(Cl)c3)N=C12. The average molecular weight is 538 g/mol. The standard InChI is InChI=1S/C24H26ClF2N5O5/c1-30(2)20(36)21(37)31(3)24-8-6-23(27,7-9-24)12-32-19(35)17(33)16(29-22(24)32)18(34)28-11-13-4-5-15(26)14(25)10-13/h4-5,10,16H,6-9,11-12H2,1-3H3,(H,28,34). The lowest BCUT2D eigenvalue weighted by Gasteiger charge is -2.46. The van der Waals surface area contributed by atoms with E-state index in [0.29, 0.717) is 5.56 Å². The van der Waals surface area contributed by atoms with Crippen molar-refractivity contribution >= 4 is 46.8 Å². The fourth-order valence-corrected chi connectivity index (χ4v) is 5.22. The van der Waals surface area contributed by atoms with Crippen molar-refractivity contribution < 1.29 is 32.8 Å². The first-order valence-corrected chi connectivity index (χ1v) is 12.0. The van der Waals surface area contributed by atoms with Crippen molar-refractivity contribution in [1.29, 1.82) is 0 Å². The van der Waals surface area contributed by atoms with Gasteiger partial charge in [0.05, 0.1) is 11.6 Å². The molecule has 1 N–H and O–H groups in total. The summed E-state index contributed by atoms with van der Waals surface area (Å²) in [6.45, 7) is -0.565. The molecule has 2 bridgehead atoms. The topological polar surface area (TPSA) is 119 Å². The van der Waals surface area contributed by atoms with Gasteiger partial charge in [-0.05, 0) is 43.4 Å². The minimum atomic E-state index is -1.80. The minimum Gasteiger partial charge on any atom is -0.350 e. The number of halogens is 3. The van der Waals surface area contributed by atoms with E-state index < -0.39 is 59.0 Å². The highest BCUT2D eigenvalue weighted by atomic mass is 35.5. The third-order valence-corrected chi connectivity index (χ3v) is 7.57. The van der Waals surface area contributed by atoms with Crippen LogP contribution < -0.4 is 5.32 Å². The lowest BCUT2D eigenvalue weighted by molar-refractivity contribution is -0.152. The first-order chi connectivity index (χ1) is 17.3. The number of nitrogens with one attached hydrogen (secondary N) is 1. The molecular weight excluding hydrogens is 512 g/mol. The molecule has 3 fully saturated rings. The van der Waals surface area contributed by atoms with Crippen molar-refractivity contribution in [2.24, 2.45) is 4.99 Å². The number of carbonyl (C=O) groups is 5. The summed E-state index contributed by atoms with van der Waals surface area (Å²) in [6.07, 6.45) is 0.0389.